The van der Waals surface area contributed by atoms with Gasteiger partial charge in [-0.1, -0.05) is 24.9 Å². The lowest BCUT2D eigenvalue weighted by Gasteiger charge is -2.17. The number of hydrogen-bond acceptors (Lipinski definition) is 3. The van der Waals surface area contributed by atoms with E-state index in [-0.39, 0.29) is 4.90 Å². The minimum Gasteiger partial charge on any atom is -0.398 e. The number of benzene rings is 1. The van der Waals surface area contributed by atoms with E-state index in [0.29, 0.717) is 35.3 Å². The van der Waals surface area contributed by atoms with Gasteiger partial charge in [-0.2, -0.15) is 4.31 Å². The molecule has 0 spiro atoms. The lowest BCUT2D eigenvalue weighted by Crippen LogP contribution is -2.29. The van der Waals surface area contributed by atoms with Crippen molar-refractivity contribution in [3.05, 3.63) is 22.7 Å². The smallest absolute Gasteiger partial charge is 0.243 e. The van der Waals surface area contributed by atoms with Crippen LogP contribution in [0.3, 0.4) is 0 Å². The van der Waals surface area contributed by atoms with Gasteiger partial charge in [0.15, 0.2) is 0 Å². The zero-order valence-electron chi connectivity index (χ0n) is 11.2. The SMILES string of the molecule is CCC1CCN(S(=O)(=O)c2cc(N)c(C)c(Cl)c2)C1. The summed E-state index contributed by atoms with van der Waals surface area (Å²) in [5.74, 6) is 0.452. The van der Waals surface area contributed by atoms with E-state index < -0.39 is 10.0 Å². The van der Waals surface area contributed by atoms with E-state index in [1.807, 2.05) is 0 Å². The third kappa shape index (κ3) is 2.73. The van der Waals surface area contributed by atoms with Crippen molar-refractivity contribution >= 4 is 27.3 Å². The quantitative estimate of drug-likeness (QED) is 0.873. The molecule has 2 N–H and O–H groups in total. The maximum Gasteiger partial charge on any atom is 0.243 e. The minimum atomic E-state index is -3.47. The van der Waals surface area contributed by atoms with Crippen LogP contribution in [0.25, 0.3) is 0 Å². The van der Waals surface area contributed by atoms with Crippen LogP contribution in [0.1, 0.15) is 25.3 Å². The van der Waals surface area contributed by atoms with Crippen molar-refractivity contribution in [2.75, 3.05) is 18.8 Å². The monoisotopic (exact) mass is 302 g/mol. The van der Waals surface area contributed by atoms with E-state index >= 15 is 0 Å². The summed E-state index contributed by atoms with van der Waals surface area (Å²) in [6.45, 7) is 5.02. The van der Waals surface area contributed by atoms with Gasteiger partial charge in [0.2, 0.25) is 10.0 Å². The van der Waals surface area contributed by atoms with Crippen LogP contribution in [0.15, 0.2) is 17.0 Å². The average Bonchev–Trinajstić information content (AvgIpc) is 2.84. The Morgan fingerprint density at radius 2 is 2.16 bits per heavy atom. The number of sulfonamides is 1. The van der Waals surface area contributed by atoms with E-state index in [0.717, 1.165) is 12.8 Å². The third-order valence-electron chi connectivity index (χ3n) is 3.82. The van der Waals surface area contributed by atoms with Gasteiger partial charge in [0.25, 0.3) is 0 Å². The van der Waals surface area contributed by atoms with Crippen LogP contribution < -0.4 is 5.73 Å². The van der Waals surface area contributed by atoms with E-state index in [4.69, 9.17) is 17.3 Å². The molecule has 0 bridgehead atoms. The third-order valence-corrected chi connectivity index (χ3v) is 6.06. The van der Waals surface area contributed by atoms with Crippen LogP contribution in [-0.2, 0) is 10.0 Å². The molecule has 2 rings (SSSR count). The highest BCUT2D eigenvalue weighted by molar-refractivity contribution is 7.89. The largest absolute Gasteiger partial charge is 0.398 e. The Kier molecular flexibility index (Phi) is 4.08. The number of nitrogen functional groups attached to an aromatic ring is 1. The molecule has 1 aliphatic rings. The number of nitrogens with two attached hydrogens (primary N) is 1. The molecule has 1 saturated heterocycles. The lowest BCUT2D eigenvalue weighted by molar-refractivity contribution is 0.453. The molecule has 0 amide bonds. The summed E-state index contributed by atoms with van der Waals surface area (Å²) in [7, 11) is -3.47. The van der Waals surface area contributed by atoms with Crippen molar-refractivity contribution in [3.8, 4) is 0 Å². The number of rotatable bonds is 3. The van der Waals surface area contributed by atoms with Gasteiger partial charge in [0.05, 0.1) is 4.90 Å². The van der Waals surface area contributed by atoms with Gasteiger partial charge in [-0.15, -0.1) is 0 Å². The zero-order valence-corrected chi connectivity index (χ0v) is 12.8. The molecule has 0 saturated carbocycles. The first kappa shape index (κ1) is 14.6. The molecule has 0 radical (unpaired) electrons. The summed E-state index contributed by atoms with van der Waals surface area (Å²) in [4.78, 5) is 0.192. The molecule has 1 unspecified atom stereocenters. The number of halogens is 1. The first-order valence-electron chi connectivity index (χ1n) is 6.42. The van der Waals surface area contributed by atoms with E-state index in [1.165, 1.54) is 16.4 Å². The molecule has 4 nitrogen and oxygen atoms in total. The first-order chi connectivity index (χ1) is 8.86. The van der Waals surface area contributed by atoms with Crippen molar-refractivity contribution in [1.29, 1.82) is 0 Å². The summed E-state index contributed by atoms with van der Waals surface area (Å²) < 4.78 is 26.6. The van der Waals surface area contributed by atoms with E-state index in [9.17, 15) is 8.42 Å². The summed E-state index contributed by atoms with van der Waals surface area (Å²) in [5.41, 5.74) is 6.93. The Bertz CT molecular complexity index is 563. The molecule has 6 heteroatoms. The molecule has 19 heavy (non-hydrogen) atoms. The molecule has 0 aromatic heterocycles. The maximum absolute atomic E-state index is 12.5. The molecule has 1 atom stereocenters. The van der Waals surface area contributed by atoms with Crippen LogP contribution in [0.2, 0.25) is 5.02 Å². The van der Waals surface area contributed by atoms with Crippen LogP contribution in [0.5, 0.6) is 0 Å². The van der Waals surface area contributed by atoms with Crippen LogP contribution in [0, 0.1) is 12.8 Å². The second kappa shape index (κ2) is 5.31. The van der Waals surface area contributed by atoms with Crippen molar-refractivity contribution in [3.63, 3.8) is 0 Å². The van der Waals surface area contributed by atoms with Crippen molar-refractivity contribution < 1.29 is 8.42 Å². The van der Waals surface area contributed by atoms with Gasteiger partial charge in [-0.05, 0) is 37.0 Å². The van der Waals surface area contributed by atoms with Crippen molar-refractivity contribution in [2.24, 2.45) is 5.92 Å². The summed E-state index contributed by atoms with van der Waals surface area (Å²) in [6, 6.07) is 2.98. The Labute approximate surface area is 119 Å². The fraction of sp³-hybridized carbons (Fsp3) is 0.538. The van der Waals surface area contributed by atoms with Gasteiger partial charge >= 0.3 is 0 Å². The Morgan fingerprint density at radius 1 is 1.47 bits per heavy atom. The van der Waals surface area contributed by atoms with E-state index in [1.54, 1.807) is 6.92 Å². The molecule has 1 fully saturated rings. The van der Waals surface area contributed by atoms with Gasteiger partial charge in [-0.25, -0.2) is 8.42 Å². The Balaban J connectivity index is 2.35. The molecule has 1 aliphatic heterocycles. The molecule has 1 heterocycles. The molecule has 0 aliphatic carbocycles. The predicted octanol–water partition coefficient (Wildman–Crippen LogP) is 2.65. The van der Waals surface area contributed by atoms with Gasteiger partial charge in [0.1, 0.15) is 0 Å². The normalized spacial score (nSPS) is 20.9. The topological polar surface area (TPSA) is 63.4 Å². The standard InChI is InChI=1S/C13H19ClN2O2S/c1-3-10-4-5-16(8-10)19(17,18)11-6-12(14)9(2)13(15)7-11/h6-7,10H,3-5,8,15H2,1-2H3. The maximum atomic E-state index is 12.5. The lowest BCUT2D eigenvalue weighted by atomic mass is 10.1. The van der Waals surface area contributed by atoms with Gasteiger partial charge < -0.3 is 5.73 Å². The second-order valence-electron chi connectivity index (χ2n) is 5.05. The average molecular weight is 303 g/mol. The van der Waals surface area contributed by atoms with E-state index in [2.05, 4.69) is 6.92 Å². The highest BCUT2D eigenvalue weighted by Gasteiger charge is 2.32. The number of nitrogens with zero attached hydrogens (tertiary/aromatic N) is 1. The predicted molar refractivity (Wildman–Crippen MR) is 77.8 cm³/mol. The van der Waals surface area contributed by atoms with Crippen LogP contribution in [-0.4, -0.2) is 25.8 Å². The second-order valence-corrected chi connectivity index (χ2v) is 7.39. The fourth-order valence-corrected chi connectivity index (χ4v) is 4.21. The van der Waals surface area contributed by atoms with Gasteiger partial charge in [-0.3, -0.25) is 0 Å². The first-order valence-corrected chi connectivity index (χ1v) is 8.23. The van der Waals surface area contributed by atoms with Crippen LogP contribution in [0.4, 0.5) is 5.69 Å². The van der Waals surface area contributed by atoms with Crippen molar-refractivity contribution in [2.45, 2.75) is 31.6 Å². The fourth-order valence-electron chi connectivity index (χ4n) is 2.32. The Hall–Kier alpha value is -0.780. The van der Waals surface area contributed by atoms with Gasteiger partial charge in [0, 0.05) is 23.8 Å². The molecule has 1 aromatic rings. The molecule has 106 valence electrons. The summed E-state index contributed by atoms with van der Waals surface area (Å²) >= 11 is 6.02. The molecular formula is C13H19ClN2O2S. The highest BCUT2D eigenvalue weighted by atomic mass is 35.5. The molecular weight excluding hydrogens is 284 g/mol. The molecule has 1 aromatic carbocycles. The summed E-state index contributed by atoms with van der Waals surface area (Å²) in [6.07, 6.45) is 1.92. The summed E-state index contributed by atoms with van der Waals surface area (Å²) in [5, 5.41) is 0.393. The van der Waals surface area contributed by atoms with Crippen LogP contribution >= 0.6 is 11.6 Å². The number of hydrogen-bond donors (Lipinski definition) is 1. The number of anilines is 1. The minimum absolute atomic E-state index is 0.192. The highest BCUT2D eigenvalue weighted by Crippen LogP contribution is 2.30. The zero-order chi connectivity index (χ0) is 14.2. The Morgan fingerprint density at radius 3 is 2.68 bits per heavy atom. The van der Waals surface area contributed by atoms with Crippen molar-refractivity contribution in [1.82, 2.24) is 4.31 Å².